The van der Waals surface area contributed by atoms with Crippen molar-refractivity contribution in [1.29, 1.82) is 0 Å². The van der Waals surface area contributed by atoms with E-state index >= 15 is 0 Å². The Morgan fingerprint density at radius 3 is 2.81 bits per heavy atom. The third-order valence-corrected chi connectivity index (χ3v) is 6.93. The number of allylic oxidation sites excluding steroid dienone is 1. The van der Waals surface area contributed by atoms with Crippen LogP contribution in [0.1, 0.15) is 37.3 Å². The second-order valence-corrected chi connectivity index (χ2v) is 8.89. The highest BCUT2D eigenvalue weighted by molar-refractivity contribution is 7.18. The van der Waals surface area contributed by atoms with Crippen LogP contribution in [0.25, 0.3) is 10.2 Å². The van der Waals surface area contributed by atoms with E-state index in [-0.39, 0.29) is 11.3 Å². The van der Waals surface area contributed by atoms with Gasteiger partial charge in [-0.1, -0.05) is 51.1 Å². The molecule has 132 valence electrons. The van der Waals surface area contributed by atoms with Crippen LogP contribution in [0.3, 0.4) is 0 Å². The van der Waals surface area contributed by atoms with Crippen LogP contribution in [0.4, 0.5) is 5.69 Å². The van der Waals surface area contributed by atoms with Crippen LogP contribution in [0.2, 0.25) is 0 Å². The smallest absolute Gasteiger partial charge is 0.136 e. The minimum atomic E-state index is -0.0238. The molecule has 4 heteroatoms. The van der Waals surface area contributed by atoms with Crippen LogP contribution < -0.4 is 5.06 Å². The maximum Gasteiger partial charge on any atom is 0.136 e. The summed E-state index contributed by atoms with van der Waals surface area (Å²) in [7, 11) is 0. The number of fused-ring (bicyclic) bond motifs is 4. The van der Waals surface area contributed by atoms with Crippen LogP contribution in [0.15, 0.2) is 60.4 Å². The van der Waals surface area contributed by atoms with Crippen molar-refractivity contribution in [2.45, 2.75) is 39.2 Å². The highest BCUT2D eigenvalue weighted by atomic mass is 32.1. The van der Waals surface area contributed by atoms with E-state index in [1.54, 1.807) is 11.3 Å². The molecule has 0 N–H and O–H groups in total. The van der Waals surface area contributed by atoms with E-state index in [2.05, 4.69) is 74.4 Å². The summed E-state index contributed by atoms with van der Waals surface area (Å²) in [5.74, 6) is 1.29. The Kier molecular flexibility index (Phi) is 3.41. The Bertz CT molecular complexity index is 987. The molecule has 1 aromatic heterocycles. The summed E-state index contributed by atoms with van der Waals surface area (Å²) in [6.07, 6.45) is 3.30. The van der Waals surface area contributed by atoms with Crippen molar-refractivity contribution in [3.05, 3.63) is 70.9 Å². The molecule has 3 aromatic rings. The van der Waals surface area contributed by atoms with Crippen molar-refractivity contribution in [3.63, 3.8) is 0 Å². The minimum absolute atomic E-state index is 0.0238. The molecule has 3 nitrogen and oxygen atoms in total. The van der Waals surface area contributed by atoms with Gasteiger partial charge in [0.1, 0.15) is 10.8 Å². The van der Waals surface area contributed by atoms with Gasteiger partial charge < -0.3 is 4.84 Å². The summed E-state index contributed by atoms with van der Waals surface area (Å²) in [6.45, 7) is 6.79. The van der Waals surface area contributed by atoms with Gasteiger partial charge in [-0.05, 0) is 36.3 Å². The standard InChI is InChI=1S/C22H22N2OS/c1-14(21-23-16-9-5-7-11-18(16)26-21)12-20-22(2,3)19-13-15-8-4-6-10-17(15)24(19)25-20/h4-12,14,19H,13H2,1-3H3. The van der Waals surface area contributed by atoms with Crippen molar-refractivity contribution in [2.75, 3.05) is 5.06 Å². The van der Waals surface area contributed by atoms with Crippen LogP contribution in [0.5, 0.6) is 0 Å². The zero-order chi connectivity index (χ0) is 17.9. The van der Waals surface area contributed by atoms with Crippen LogP contribution in [-0.4, -0.2) is 11.0 Å². The van der Waals surface area contributed by atoms with E-state index in [0.717, 1.165) is 22.7 Å². The highest BCUT2D eigenvalue weighted by Gasteiger charge is 2.51. The zero-order valence-corrected chi connectivity index (χ0v) is 16.1. The Balaban J connectivity index is 1.48. The number of aromatic nitrogens is 1. The maximum absolute atomic E-state index is 6.36. The van der Waals surface area contributed by atoms with E-state index < -0.39 is 0 Å². The third kappa shape index (κ3) is 2.28. The molecule has 0 amide bonds. The molecular formula is C22H22N2OS. The minimum Gasteiger partial charge on any atom is -0.383 e. The summed E-state index contributed by atoms with van der Waals surface area (Å²) in [5, 5.41) is 3.26. The largest absolute Gasteiger partial charge is 0.383 e. The third-order valence-electron chi connectivity index (χ3n) is 5.69. The van der Waals surface area contributed by atoms with Gasteiger partial charge in [-0.25, -0.2) is 10.0 Å². The highest BCUT2D eigenvalue weighted by Crippen LogP contribution is 2.50. The first-order chi connectivity index (χ1) is 12.5. The van der Waals surface area contributed by atoms with Gasteiger partial charge in [-0.3, -0.25) is 0 Å². The lowest BCUT2D eigenvalue weighted by Gasteiger charge is -2.23. The Morgan fingerprint density at radius 2 is 1.96 bits per heavy atom. The van der Waals surface area contributed by atoms with Gasteiger partial charge in [0.2, 0.25) is 0 Å². The van der Waals surface area contributed by atoms with Crippen molar-refractivity contribution in [1.82, 2.24) is 4.98 Å². The number of hydroxylamine groups is 1. The van der Waals surface area contributed by atoms with Gasteiger partial charge >= 0.3 is 0 Å². The van der Waals surface area contributed by atoms with Gasteiger partial charge in [0.05, 0.1) is 21.9 Å². The van der Waals surface area contributed by atoms with E-state index in [9.17, 15) is 0 Å². The number of nitrogens with zero attached hydrogens (tertiary/aromatic N) is 2. The Labute approximate surface area is 157 Å². The van der Waals surface area contributed by atoms with E-state index in [1.807, 2.05) is 6.07 Å². The lowest BCUT2D eigenvalue weighted by atomic mass is 9.81. The number of hydrogen-bond acceptors (Lipinski definition) is 4. The van der Waals surface area contributed by atoms with E-state index in [0.29, 0.717) is 6.04 Å². The summed E-state index contributed by atoms with van der Waals surface area (Å²) < 4.78 is 1.24. The summed E-state index contributed by atoms with van der Waals surface area (Å²) >= 11 is 1.77. The Hall–Kier alpha value is -2.33. The molecule has 26 heavy (non-hydrogen) atoms. The lowest BCUT2D eigenvalue weighted by molar-refractivity contribution is 0.214. The average molecular weight is 362 g/mol. The molecule has 0 radical (unpaired) electrons. The summed E-state index contributed by atoms with van der Waals surface area (Å²) in [5.41, 5.74) is 3.65. The predicted octanol–water partition coefficient (Wildman–Crippen LogP) is 5.69. The molecule has 1 saturated heterocycles. The van der Waals surface area contributed by atoms with Gasteiger partial charge in [-0.2, -0.15) is 0 Å². The maximum atomic E-state index is 6.36. The quantitative estimate of drug-likeness (QED) is 0.586. The molecule has 0 bridgehead atoms. The molecule has 2 unspecified atom stereocenters. The molecule has 1 fully saturated rings. The van der Waals surface area contributed by atoms with Crippen LogP contribution in [0, 0.1) is 5.41 Å². The number of thiazole rings is 1. The fourth-order valence-electron chi connectivity index (χ4n) is 4.03. The van der Waals surface area contributed by atoms with Crippen LogP contribution in [-0.2, 0) is 11.3 Å². The van der Waals surface area contributed by atoms with Gasteiger partial charge in [0.25, 0.3) is 0 Å². The average Bonchev–Trinajstić information content (AvgIpc) is 3.28. The van der Waals surface area contributed by atoms with E-state index in [4.69, 9.17) is 9.82 Å². The first kappa shape index (κ1) is 15.9. The fourth-order valence-corrected chi connectivity index (χ4v) is 5.02. The zero-order valence-electron chi connectivity index (χ0n) is 15.3. The van der Waals surface area contributed by atoms with Crippen molar-refractivity contribution < 1.29 is 4.84 Å². The first-order valence-corrected chi connectivity index (χ1v) is 9.98. The van der Waals surface area contributed by atoms with Crippen molar-refractivity contribution >= 4 is 27.2 Å². The molecule has 5 rings (SSSR count). The van der Waals surface area contributed by atoms with Gasteiger partial charge in [0.15, 0.2) is 0 Å². The van der Waals surface area contributed by atoms with Crippen molar-refractivity contribution in [3.8, 4) is 0 Å². The lowest BCUT2D eigenvalue weighted by Crippen LogP contribution is -2.33. The second kappa shape index (κ2) is 5.58. The topological polar surface area (TPSA) is 25.4 Å². The predicted molar refractivity (Wildman–Crippen MR) is 107 cm³/mol. The van der Waals surface area contributed by atoms with Crippen molar-refractivity contribution in [2.24, 2.45) is 5.41 Å². The normalized spacial score (nSPS) is 23.1. The molecule has 2 aliphatic heterocycles. The number of anilines is 1. The number of para-hydroxylation sites is 2. The number of benzene rings is 2. The van der Waals surface area contributed by atoms with Gasteiger partial charge in [0, 0.05) is 11.3 Å². The summed E-state index contributed by atoms with van der Waals surface area (Å²) in [4.78, 5) is 11.2. The molecule has 0 aliphatic carbocycles. The molecule has 0 saturated carbocycles. The molecule has 0 spiro atoms. The Morgan fingerprint density at radius 1 is 1.19 bits per heavy atom. The number of rotatable bonds is 2. The fraction of sp³-hybridized carbons (Fsp3) is 0.318. The molecule has 2 atom stereocenters. The SMILES string of the molecule is CC(C=C1ON2c3ccccc3CC2C1(C)C)c1nc2ccccc2s1. The molecular weight excluding hydrogens is 340 g/mol. The number of hydrogen-bond donors (Lipinski definition) is 0. The second-order valence-electron chi connectivity index (χ2n) is 7.83. The monoisotopic (exact) mass is 362 g/mol. The molecule has 2 aromatic carbocycles. The summed E-state index contributed by atoms with van der Waals surface area (Å²) in [6, 6.07) is 17.3. The first-order valence-electron chi connectivity index (χ1n) is 9.17. The molecule has 3 heterocycles. The van der Waals surface area contributed by atoms with Crippen LogP contribution >= 0.6 is 11.3 Å². The molecule has 2 aliphatic rings. The van der Waals surface area contributed by atoms with Gasteiger partial charge in [-0.15, -0.1) is 11.3 Å². The van der Waals surface area contributed by atoms with E-state index in [1.165, 1.54) is 16.0 Å².